The second-order valence-corrected chi connectivity index (χ2v) is 3.76. The number of likely N-dealkylation sites (N-methyl/N-ethyl adjacent to an activating group) is 1. The lowest BCUT2D eigenvalue weighted by Crippen LogP contribution is -2.36. The van der Waals surface area contributed by atoms with Gasteiger partial charge in [0.25, 0.3) is 0 Å². The topological polar surface area (TPSA) is 40.6 Å². The van der Waals surface area contributed by atoms with Crippen LogP contribution < -0.4 is 0 Å². The molecule has 4 heteroatoms. The van der Waals surface area contributed by atoms with Crippen molar-refractivity contribution in [3.8, 4) is 0 Å². The van der Waals surface area contributed by atoms with Gasteiger partial charge in [-0.2, -0.15) is 0 Å². The number of hydrogen-bond donors (Lipinski definition) is 0. The first kappa shape index (κ1) is 10.2. The molecule has 0 aromatic rings. The van der Waals surface area contributed by atoms with Crippen molar-refractivity contribution in [3.05, 3.63) is 0 Å². The van der Waals surface area contributed by atoms with E-state index in [4.69, 9.17) is 0 Å². The van der Waals surface area contributed by atoms with Gasteiger partial charge >= 0.3 is 0 Å². The van der Waals surface area contributed by atoms with E-state index in [0.29, 0.717) is 13.1 Å². The van der Waals surface area contributed by atoms with E-state index in [1.165, 1.54) is 0 Å². The molecule has 1 aliphatic heterocycles. The summed E-state index contributed by atoms with van der Waals surface area (Å²) in [5, 5.41) is 0. The normalized spacial score (nSPS) is 22.4. The van der Waals surface area contributed by atoms with Crippen molar-refractivity contribution in [3.63, 3.8) is 0 Å². The lowest BCUT2D eigenvalue weighted by molar-refractivity contribution is -0.130. The third-order valence-electron chi connectivity index (χ3n) is 2.22. The molecular formula is C9H16N2O2. The maximum atomic E-state index is 11.5. The summed E-state index contributed by atoms with van der Waals surface area (Å²) < 4.78 is 0. The summed E-state index contributed by atoms with van der Waals surface area (Å²) in [6.45, 7) is 1.78. The minimum absolute atomic E-state index is 0.0612. The maximum absolute atomic E-state index is 11.5. The zero-order valence-corrected chi connectivity index (χ0v) is 8.19. The van der Waals surface area contributed by atoms with Crippen LogP contribution in [0.15, 0.2) is 0 Å². The number of carbonyl (C=O) groups excluding carboxylic acids is 2. The molecule has 0 radical (unpaired) electrons. The highest BCUT2D eigenvalue weighted by atomic mass is 16.2. The molecule has 1 heterocycles. The van der Waals surface area contributed by atoms with Crippen molar-refractivity contribution < 1.29 is 9.59 Å². The van der Waals surface area contributed by atoms with E-state index in [-0.39, 0.29) is 11.8 Å². The van der Waals surface area contributed by atoms with Crippen molar-refractivity contribution >= 4 is 12.2 Å². The van der Waals surface area contributed by atoms with Crippen molar-refractivity contribution in [1.29, 1.82) is 0 Å². The summed E-state index contributed by atoms with van der Waals surface area (Å²) in [5.74, 6) is 0.181. The molecule has 1 fully saturated rings. The fraction of sp³-hybridized carbons (Fsp3) is 0.778. The zero-order valence-electron chi connectivity index (χ0n) is 8.19. The second-order valence-electron chi connectivity index (χ2n) is 3.76. The Labute approximate surface area is 78.5 Å². The first-order chi connectivity index (χ1) is 6.13. The highest BCUT2D eigenvalue weighted by molar-refractivity contribution is 5.79. The highest BCUT2D eigenvalue weighted by Crippen LogP contribution is 2.13. The monoisotopic (exact) mass is 184 g/mol. The van der Waals surface area contributed by atoms with E-state index in [1.807, 2.05) is 19.0 Å². The van der Waals surface area contributed by atoms with Gasteiger partial charge in [0.2, 0.25) is 5.91 Å². The van der Waals surface area contributed by atoms with Gasteiger partial charge in [-0.05, 0) is 20.5 Å². The van der Waals surface area contributed by atoms with E-state index in [9.17, 15) is 9.59 Å². The highest BCUT2D eigenvalue weighted by Gasteiger charge is 2.25. The minimum Gasteiger partial charge on any atom is -0.341 e. The van der Waals surface area contributed by atoms with Crippen LogP contribution in [0.25, 0.3) is 0 Å². The van der Waals surface area contributed by atoms with Crippen molar-refractivity contribution in [2.75, 3.05) is 33.7 Å². The first-order valence-corrected chi connectivity index (χ1v) is 4.51. The summed E-state index contributed by atoms with van der Waals surface area (Å²) in [6, 6.07) is 0. The van der Waals surface area contributed by atoms with Gasteiger partial charge in [0.05, 0.1) is 6.54 Å². The van der Waals surface area contributed by atoms with Crippen LogP contribution in [0.1, 0.15) is 6.42 Å². The molecule has 74 valence electrons. The summed E-state index contributed by atoms with van der Waals surface area (Å²) >= 11 is 0. The molecule has 0 N–H and O–H groups in total. The number of likely N-dealkylation sites (tertiary alicyclic amines) is 1. The minimum atomic E-state index is 0.0612. The fourth-order valence-electron chi connectivity index (χ4n) is 1.50. The average molecular weight is 184 g/mol. The van der Waals surface area contributed by atoms with Crippen molar-refractivity contribution in [2.45, 2.75) is 6.42 Å². The van der Waals surface area contributed by atoms with Gasteiger partial charge in [-0.25, -0.2) is 0 Å². The van der Waals surface area contributed by atoms with E-state index < -0.39 is 0 Å². The summed E-state index contributed by atoms with van der Waals surface area (Å²) in [4.78, 5) is 25.5. The van der Waals surface area contributed by atoms with Gasteiger partial charge in [0.15, 0.2) is 0 Å². The number of amides is 1. The molecule has 4 nitrogen and oxygen atoms in total. The third-order valence-corrected chi connectivity index (χ3v) is 2.22. The SMILES string of the molecule is CN(C)CC(=O)N1CCC(C=O)C1. The summed E-state index contributed by atoms with van der Waals surface area (Å²) in [6.07, 6.45) is 1.77. The van der Waals surface area contributed by atoms with Crippen molar-refractivity contribution in [1.82, 2.24) is 9.80 Å². The molecular weight excluding hydrogens is 168 g/mol. The van der Waals surface area contributed by atoms with Gasteiger partial charge < -0.3 is 14.6 Å². The first-order valence-electron chi connectivity index (χ1n) is 4.51. The molecule has 13 heavy (non-hydrogen) atoms. The number of hydrogen-bond acceptors (Lipinski definition) is 3. The molecule has 0 aliphatic carbocycles. The Morgan fingerprint density at radius 3 is 2.77 bits per heavy atom. The van der Waals surface area contributed by atoms with Crippen LogP contribution in [0.4, 0.5) is 0 Å². The zero-order chi connectivity index (χ0) is 9.84. The molecule has 1 rings (SSSR count). The number of rotatable bonds is 3. The van der Waals surface area contributed by atoms with Gasteiger partial charge in [-0.1, -0.05) is 0 Å². The van der Waals surface area contributed by atoms with Crippen LogP contribution in [-0.4, -0.2) is 55.7 Å². The standard InChI is InChI=1S/C9H16N2O2/c1-10(2)6-9(13)11-4-3-8(5-11)7-12/h7-8H,3-6H2,1-2H3. The number of aldehydes is 1. The Kier molecular flexibility index (Phi) is 3.42. The van der Waals surface area contributed by atoms with E-state index in [2.05, 4.69) is 0 Å². The van der Waals surface area contributed by atoms with Gasteiger partial charge in [-0.15, -0.1) is 0 Å². The fourth-order valence-corrected chi connectivity index (χ4v) is 1.50. The van der Waals surface area contributed by atoms with Crippen LogP contribution >= 0.6 is 0 Å². The Balaban J connectivity index is 2.37. The predicted molar refractivity (Wildman–Crippen MR) is 49.3 cm³/mol. The quantitative estimate of drug-likeness (QED) is 0.560. The molecule has 1 atom stereocenters. The third kappa shape index (κ3) is 2.81. The Bertz CT molecular complexity index is 204. The van der Waals surface area contributed by atoms with Gasteiger partial charge in [-0.3, -0.25) is 4.79 Å². The van der Waals surface area contributed by atoms with Gasteiger partial charge in [0.1, 0.15) is 6.29 Å². The lowest BCUT2D eigenvalue weighted by atomic mass is 10.1. The molecule has 1 amide bonds. The lowest BCUT2D eigenvalue weighted by Gasteiger charge is -2.18. The van der Waals surface area contributed by atoms with E-state index in [1.54, 1.807) is 4.90 Å². The van der Waals surface area contributed by atoms with Crippen molar-refractivity contribution in [2.24, 2.45) is 5.92 Å². The largest absolute Gasteiger partial charge is 0.341 e. The molecule has 1 saturated heterocycles. The van der Waals surface area contributed by atoms with Crippen LogP contribution in [-0.2, 0) is 9.59 Å². The Morgan fingerprint density at radius 1 is 1.62 bits per heavy atom. The van der Waals surface area contributed by atoms with Gasteiger partial charge in [0, 0.05) is 19.0 Å². The molecule has 1 aliphatic rings. The number of nitrogens with zero attached hydrogens (tertiary/aromatic N) is 2. The number of carbonyl (C=O) groups is 2. The molecule has 0 saturated carbocycles. The summed E-state index contributed by atoms with van der Waals surface area (Å²) in [7, 11) is 3.73. The molecule has 0 spiro atoms. The van der Waals surface area contributed by atoms with Crippen LogP contribution in [0.5, 0.6) is 0 Å². The predicted octanol–water partition coefficient (Wildman–Crippen LogP) is -0.405. The average Bonchev–Trinajstić information content (AvgIpc) is 2.50. The molecule has 0 bridgehead atoms. The molecule has 1 unspecified atom stereocenters. The van der Waals surface area contributed by atoms with E-state index in [0.717, 1.165) is 19.3 Å². The maximum Gasteiger partial charge on any atom is 0.236 e. The molecule has 0 aromatic heterocycles. The second kappa shape index (κ2) is 4.37. The van der Waals surface area contributed by atoms with Crippen LogP contribution in [0, 0.1) is 5.92 Å². The summed E-state index contributed by atoms with van der Waals surface area (Å²) in [5.41, 5.74) is 0. The molecule has 0 aromatic carbocycles. The van der Waals surface area contributed by atoms with Crippen LogP contribution in [0.2, 0.25) is 0 Å². The smallest absolute Gasteiger partial charge is 0.236 e. The van der Waals surface area contributed by atoms with Crippen LogP contribution in [0.3, 0.4) is 0 Å². The Morgan fingerprint density at radius 2 is 2.31 bits per heavy atom. The van der Waals surface area contributed by atoms with E-state index >= 15 is 0 Å². The Hall–Kier alpha value is -0.900.